The second-order valence-corrected chi connectivity index (χ2v) is 18.4. The lowest BCUT2D eigenvalue weighted by molar-refractivity contribution is 0.268. The fourth-order valence-corrected chi connectivity index (χ4v) is 6.55. The maximum Gasteiger partial charge on any atom is 0.322 e. The van der Waals surface area contributed by atoms with Crippen molar-refractivity contribution in [3.63, 3.8) is 0 Å². The highest BCUT2D eigenvalue weighted by Gasteiger charge is 2.22. The summed E-state index contributed by atoms with van der Waals surface area (Å²) in [6.45, 7) is 8.34. The Hall–Kier alpha value is -5.21. The van der Waals surface area contributed by atoms with Crippen LogP contribution < -0.4 is 14.8 Å². The second-order valence-electron chi connectivity index (χ2n) is 12.8. The first-order chi connectivity index (χ1) is 24.8. The molecule has 0 unspecified atom stereocenters. The zero-order valence-electron chi connectivity index (χ0n) is 30.1. The van der Waals surface area contributed by atoms with Crippen LogP contribution >= 0.6 is 0 Å². The molecule has 2 N–H and O–H groups in total. The molecule has 17 nitrogen and oxygen atoms in total. The summed E-state index contributed by atoms with van der Waals surface area (Å²) in [5, 5.41) is 11.0. The maximum absolute atomic E-state index is 12.1. The molecule has 4 heterocycles. The summed E-state index contributed by atoms with van der Waals surface area (Å²) in [7, 11) is -10.7. The smallest absolute Gasteiger partial charge is 0.322 e. The average Bonchev–Trinajstić information content (AvgIpc) is 3.71. The Bertz CT molecular complexity index is 2590. The van der Waals surface area contributed by atoms with Crippen molar-refractivity contribution < 1.29 is 30.0 Å². The Labute approximate surface area is 307 Å². The predicted octanol–water partition coefficient (Wildman–Crippen LogP) is 3.87. The third-order valence-corrected chi connectivity index (χ3v) is 9.87. The van der Waals surface area contributed by atoms with E-state index in [0.29, 0.717) is 22.5 Å². The molecule has 6 aromatic rings. The van der Waals surface area contributed by atoms with Crippen molar-refractivity contribution in [1.82, 2.24) is 39.2 Å². The van der Waals surface area contributed by atoms with Crippen LogP contribution in [-0.2, 0) is 42.8 Å². The van der Waals surface area contributed by atoms with Gasteiger partial charge in [0.25, 0.3) is 10.3 Å². The van der Waals surface area contributed by atoms with E-state index in [9.17, 15) is 25.3 Å². The lowest BCUT2D eigenvalue weighted by Crippen LogP contribution is -2.15. The molecule has 0 radical (unpaired) electrons. The Morgan fingerprint density at radius 3 is 1.77 bits per heavy atom. The van der Waals surface area contributed by atoms with Crippen molar-refractivity contribution in [3.05, 3.63) is 89.2 Å². The van der Waals surface area contributed by atoms with E-state index in [1.54, 1.807) is 36.7 Å². The van der Waals surface area contributed by atoms with E-state index >= 15 is 0 Å². The topological polar surface area (TPSA) is 222 Å². The molecular weight excluding hydrogens is 745 g/mol. The molecule has 6 rings (SSSR count). The van der Waals surface area contributed by atoms with Gasteiger partial charge in [-0.2, -0.15) is 39.2 Å². The van der Waals surface area contributed by atoms with Crippen LogP contribution in [0.25, 0.3) is 11.3 Å². The van der Waals surface area contributed by atoms with Crippen molar-refractivity contribution in [1.29, 1.82) is 0 Å². The molecule has 282 valence electrons. The molecule has 0 bridgehead atoms. The van der Waals surface area contributed by atoms with Crippen LogP contribution in [0.1, 0.15) is 61.8 Å². The van der Waals surface area contributed by atoms with E-state index in [-0.39, 0.29) is 47.3 Å². The van der Waals surface area contributed by atoms with Gasteiger partial charge in [0.1, 0.15) is 6.61 Å². The van der Waals surface area contributed by atoms with Crippen molar-refractivity contribution >= 4 is 52.6 Å². The number of nitrogens with zero attached hydrogens (tertiary/aromatic N) is 8. The Morgan fingerprint density at radius 2 is 1.21 bits per heavy atom. The molecule has 2 aromatic carbocycles. The van der Waals surface area contributed by atoms with E-state index in [0.717, 1.165) is 35.5 Å². The molecule has 20 heteroatoms. The number of rotatable bonds is 12. The first-order valence-electron chi connectivity index (χ1n) is 16.2. The quantitative estimate of drug-likeness (QED) is 0.180. The van der Waals surface area contributed by atoms with Gasteiger partial charge in [-0.05, 0) is 29.0 Å². The third kappa shape index (κ3) is 9.62. The number of aromatic nitrogens is 8. The van der Waals surface area contributed by atoms with Gasteiger partial charge in [0, 0.05) is 30.2 Å². The van der Waals surface area contributed by atoms with Crippen LogP contribution in [0.2, 0.25) is 0 Å². The Morgan fingerprint density at radius 1 is 0.679 bits per heavy atom. The molecule has 0 fully saturated rings. The number of hydrogen-bond donors (Lipinski definition) is 2. The van der Waals surface area contributed by atoms with Crippen molar-refractivity contribution in [2.45, 2.75) is 63.0 Å². The number of anilines is 2. The Balaban J connectivity index is 0.000000208. The SMILES string of the molecule is CC(C)c1cnn2c(NCc3ccccc3NS(C)(=O)=O)nc(S(C)(=O)=O)nc12.CC(C)c1cnn2c(OCc3ccccc3)nc(S(C)(=O)=O)nc12. The van der Waals surface area contributed by atoms with Gasteiger partial charge in [0.15, 0.2) is 11.3 Å². The normalized spacial score (nSPS) is 12.2. The fourth-order valence-electron chi connectivity index (χ4n) is 4.95. The summed E-state index contributed by atoms with van der Waals surface area (Å²) < 4.78 is 82.1. The maximum atomic E-state index is 12.1. The Kier molecular flexibility index (Phi) is 11.3. The number of benzene rings is 2. The summed E-state index contributed by atoms with van der Waals surface area (Å²) in [5.74, 6) is 0.422. The lowest BCUT2D eigenvalue weighted by atomic mass is 10.1. The minimum Gasteiger partial charge on any atom is -0.458 e. The average molecular weight is 785 g/mol. The van der Waals surface area contributed by atoms with Crippen molar-refractivity contribution in [2.75, 3.05) is 28.8 Å². The molecule has 4 aromatic heterocycles. The van der Waals surface area contributed by atoms with Gasteiger partial charge in [-0.3, -0.25) is 4.72 Å². The van der Waals surface area contributed by atoms with Gasteiger partial charge in [0.2, 0.25) is 35.6 Å². The summed E-state index contributed by atoms with van der Waals surface area (Å²) in [5.41, 5.74) is 4.50. The van der Waals surface area contributed by atoms with Crippen LogP contribution in [0.5, 0.6) is 6.01 Å². The van der Waals surface area contributed by atoms with E-state index in [1.165, 1.54) is 9.03 Å². The van der Waals surface area contributed by atoms with E-state index < -0.39 is 29.7 Å². The highest BCUT2D eigenvalue weighted by Crippen LogP contribution is 2.25. The van der Waals surface area contributed by atoms with Gasteiger partial charge in [-0.1, -0.05) is 76.2 Å². The molecular formula is C33H40N10O7S3. The van der Waals surface area contributed by atoms with Crippen LogP contribution in [0.15, 0.2) is 77.3 Å². The minimum absolute atomic E-state index is 0.0855. The summed E-state index contributed by atoms with van der Waals surface area (Å²) in [6, 6.07) is 16.5. The van der Waals surface area contributed by atoms with Crippen LogP contribution in [0, 0.1) is 0 Å². The number of sulfonamides is 1. The predicted molar refractivity (Wildman–Crippen MR) is 199 cm³/mol. The van der Waals surface area contributed by atoms with E-state index in [2.05, 4.69) is 40.2 Å². The molecule has 0 saturated heterocycles. The monoisotopic (exact) mass is 784 g/mol. The number of ether oxygens (including phenoxy) is 1. The van der Waals surface area contributed by atoms with Gasteiger partial charge in [-0.25, -0.2) is 25.3 Å². The first-order valence-corrected chi connectivity index (χ1v) is 21.9. The van der Waals surface area contributed by atoms with Gasteiger partial charge < -0.3 is 10.1 Å². The molecule has 0 aliphatic heterocycles. The summed E-state index contributed by atoms with van der Waals surface area (Å²) >= 11 is 0. The minimum atomic E-state index is -3.65. The molecule has 53 heavy (non-hydrogen) atoms. The molecule has 0 aliphatic carbocycles. The first kappa shape index (κ1) is 39.0. The van der Waals surface area contributed by atoms with Crippen LogP contribution in [0.4, 0.5) is 11.6 Å². The zero-order chi connectivity index (χ0) is 38.7. The number of sulfone groups is 2. The van der Waals surface area contributed by atoms with Crippen LogP contribution in [0.3, 0.4) is 0 Å². The number of para-hydroxylation sites is 1. The summed E-state index contributed by atoms with van der Waals surface area (Å²) in [6.07, 6.45) is 6.48. The standard InChI is InChI=1S/C17H22N6O4S2.C16H18N4O3S/c1-11(2)13-10-19-23-15(13)20-17(28(3,24)25)21-16(23)18-9-12-7-5-6-8-14(12)22-29(4,26)27;1-11(2)13-9-17-20-14(13)18-15(24(3,21)22)19-16(20)23-10-12-7-5-4-6-8-12/h5-8,10-11,22H,9H2,1-4H3,(H,18,20,21);4-9,11H,10H2,1-3H3. The van der Waals surface area contributed by atoms with Crippen molar-refractivity contribution in [2.24, 2.45) is 0 Å². The number of nitrogens with one attached hydrogen (secondary N) is 2. The fraction of sp³-hybridized carbons (Fsp3) is 0.333. The van der Waals surface area contributed by atoms with E-state index in [1.807, 2.05) is 58.0 Å². The highest BCUT2D eigenvalue weighted by atomic mass is 32.2. The third-order valence-electron chi connectivity index (χ3n) is 7.59. The van der Waals surface area contributed by atoms with Gasteiger partial charge >= 0.3 is 6.01 Å². The largest absolute Gasteiger partial charge is 0.458 e. The molecule has 0 amide bonds. The highest BCUT2D eigenvalue weighted by molar-refractivity contribution is 7.92. The van der Waals surface area contributed by atoms with Gasteiger partial charge in [-0.15, -0.1) is 0 Å². The summed E-state index contributed by atoms with van der Waals surface area (Å²) in [4.78, 5) is 16.5. The van der Waals surface area contributed by atoms with Gasteiger partial charge in [0.05, 0.1) is 24.3 Å². The van der Waals surface area contributed by atoms with Crippen LogP contribution in [-0.4, -0.2) is 83.2 Å². The molecule has 0 saturated carbocycles. The van der Waals surface area contributed by atoms with E-state index in [4.69, 9.17) is 4.74 Å². The molecule has 0 aliphatic rings. The van der Waals surface area contributed by atoms with Crippen molar-refractivity contribution in [3.8, 4) is 6.01 Å². The molecule has 0 atom stereocenters. The lowest BCUT2D eigenvalue weighted by Gasteiger charge is -2.13. The molecule has 0 spiro atoms. The number of hydrogen-bond acceptors (Lipinski definition) is 14. The second kappa shape index (κ2) is 15.4. The number of fused-ring (bicyclic) bond motifs is 2. The zero-order valence-corrected chi connectivity index (χ0v) is 32.5.